The van der Waals surface area contributed by atoms with Gasteiger partial charge in [-0.05, 0) is 31.4 Å². The van der Waals surface area contributed by atoms with Crippen molar-refractivity contribution in [3.8, 4) is 12.3 Å². The lowest BCUT2D eigenvalue weighted by molar-refractivity contribution is 0.470. The van der Waals surface area contributed by atoms with Gasteiger partial charge in [-0.25, -0.2) is 8.78 Å². The third-order valence-electron chi connectivity index (χ3n) is 2.67. The number of nitrogens with one attached hydrogen (secondary N) is 1. The van der Waals surface area contributed by atoms with Crippen molar-refractivity contribution in [1.82, 2.24) is 5.43 Å². The molecule has 0 amide bonds. The molecule has 92 valence electrons. The first-order valence-corrected chi connectivity index (χ1v) is 5.45. The summed E-state index contributed by atoms with van der Waals surface area (Å²) < 4.78 is 26.7. The van der Waals surface area contributed by atoms with Gasteiger partial charge in [0.1, 0.15) is 11.6 Å². The van der Waals surface area contributed by atoms with Gasteiger partial charge in [0.15, 0.2) is 0 Å². The van der Waals surface area contributed by atoms with E-state index in [0.717, 1.165) is 12.5 Å². The zero-order valence-corrected chi connectivity index (χ0v) is 9.76. The lowest BCUT2D eigenvalue weighted by atomic mass is 9.99. The molecule has 17 heavy (non-hydrogen) atoms. The van der Waals surface area contributed by atoms with Crippen molar-refractivity contribution in [3.63, 3.8) is 0 Å². The highest BCUT2D eigenvalue weighted by atomic mass is 19.1. The fourth-order valence-corrected chi connectivity index (χ4v) is 1.68. The van der Waals surface area contributed by atoms with Crippen LogP contribution in [0.4, 0.5) is 8.78 Å². The van der Waals surface area contributed by atoms with E-state index in [0.29, 0.717) is 24.0 Å². The molecule has 3 N–H and O–H groups in total. The summed E-state index contributed by atoms with van der Waals surface area (Å²) in [5, 5.41) is 0. The molecule has 1 atom stereocenters. The number of hydrogen-bond acceptors (Lipinski definition) is 2. The van der Waals surface area contributed by atoms with Gasteiger partial charge in [0.2, 0.25) is 0 Å². The van der Waals surface area contributed by atoms with Gasteiger partial charge in [-0.3, -0.25) is 11.3 Å². The SMILES string of the molecule is C#CCCCC(NN)c1cc(C)c(F)cc1F. The van der Waals surface area contributed by atoms with Crippen LogP contribution in [0.15, 0.2) is 12.1 Å². The highest BCUT2D eigenvalue weighted by molar-refractivity contribution is 5.28. The predicted octanol–water partition coefficient (Wildman–Crippen LogP) is 2.58. The van der Waals surface area contributed by atoms with Crippen LogP contribution < -0.4 is 11.3 Å². The van der Waals surface area contributed by atoms with Crippen LogP contribution in [0.5, 0.6) is 0 Å². The number of rotatable bonds is 5. The van der Waals surface area contributed by atoms with Crippen LogP contribution in [0.2, 0.25) is 0 Å². The Morgan fingerprint density at radius 1 is 1.41 bits per heavy atom. The molecule has 2 nitrogen and oxygen atoms in total. The minimum Gasteiger partial charge on any atom is -0.271 e. The van der Waals surface area contributed by atoms with E-state index in [-0.39, 0.29) is 6.04 Å². The first kappa shape index (κ1) is 13.6. The van der Waals surface area contributed by atoms with E-state index in [2.05, 4.69) is 11.3 Å². The molecule has 0 spiro atoms. The number of nitrogens with two attached hydrogens (primary N) is 1. The lowest BCUT2D eigenvalue weighted by Gasteiger charge is -2.17. The molecule has 0 bridgehead atoms. The first-order chi connectivity index (χ1) is 8.10. The molecular weight excluding hydrogens is 222 g/mol. The Hall–Kier alpha value is -1.44. The molecule has 1 aromatic carbocycles. The molecule has 1 aromatic rings. The zero-order chi connectivity index (χ0) is 12.8. The second-order valence-electron chi connectivity index (χ2n) is 3.94. The van der Waals surface area contributed by atoms with Gasteiger partial charge in [0.05, 0.1) is 0 Å². The molecule has 4 heteroatoms. The van der Waals surface area contributed by atoms with E-state index in [1.165, 1.54) is 6.07 Å². The second-order valence-corrected chi connectivity index (χ2v) is 3.94. The van der Waals surface area contributed by atoms with Gasteiger partial charge >= 0.3 is 0 Å². The highest BCUT2D eigenvalue weighted by Crippen LogP contribution is 2.24. The van der Waals surface area contributed by atoms with Crippen LogP contribution in [-0.4, -0.2) is 0 Å². The average molecular weight is 238 g/mol. The molecule has 0 aliphatic rings. The fourth-order valence-electron chi connectivity index (χ4n) is 1.68. The van der Waals surface area contributed by atoms with Crippen molar-refractivity contribution in [3.05, 3.63) is 34.9 Å². The number of halogens is 2. The fraction of sp³-hybridized carbons (Fsp3) is 0.385. The van der Waals surface area contributed by atoms with Crippen LogP contribution in [0.3, 0.4) is 0 Å². The Morgan fingerprint density at radius 2 is 2.12 bits per heavy atom. The van der Waals surface area contributed by atoms with Crippen molar-refractivity contribution in [2.75, 3.05) is 0 Å². The summed E-state index contributed by atoms with van der Waals surface area (Å²) in [5.41, 5.74) is 3.31. The van der Waals surface area contributed by atoms with Crippen LogP contribution in [-0.2, 0) is 0 Å². The molecule has 1 unspecified atom stereocenters. The molecule has 1 rings (SSSR count). The summed E-state index contributed by atoms with van der Waals surface area (Å²) >= 11 is 0. The average Bonchev–Trinajstić information content (AvgIpc) is 2.30. The van der Waals surface area contributed by atoms with E-state index in [4.69, 9.17) is 12.3 Å². The minimum atomic E-state index is -0.586. The molecule has 0 saturated carbocycles. The van der Waals surface area contributed by atoms with Crippen molar-refractivity contribution < 1.29 is 8.78 Å². The van der Waals surface area contributed by atoms with E-state index >= 15 is 0 Å². The molecule has 0 aliphatic carbocycles. The maximum Gasteiger partial charge on any atom is 0.130 e. The normalized spacial score (nSPS) is 12.2. The number of terminal acetylenes is 1. The number of benzene rings is 1. The number of aryl methyl sites for hydroxylation is 1. The van der Waals surface area contributed by atoms with E-state index in [1.807, 2.05) is 0 Å². The van der Waals surface area contributed by atoms with Gasteiger partial charge in [-0.15, -0.1) is 12.3 Å². The smallest absolute Gasteiger partial charge is 0.130 e. The summed E-state index contributed by atoms with van der Waals surface area (Å²) in [5.74, 6) is 6.76. The lowest BCUT2D eigenvalue weighted by Crippen LogP contribution is -2.28. The van der Waals surface area contributed by atoms with Crippen LogP contribution in [0.1, 0.15) is 36.4 Å². The highest BCUT2D eigenvalue weighted by Gasteiger charge is 2.16. The molecule has 0 heterocycles. The molecular formula is C13H16F2N2. The van der Waals surface area contributed by atoms with Gasteiger partial charge in [0, 0.05) is 24.1 Å². The summed E-state index contributed by atoms with van der Waals surface area (Å²) in [6, 6.07) is 2.02. The topological polar surface area (TPSA) is 38.0 Å². The minimum absolute atomic E-state index is 0.345. The maximum atomic E-state index is 13.6. The summed E-state index contributed by atoms with van der Waals surface area (Å²) in [6.45, 7) is 1.59. The Balaban J connectivity index is 2.88. The van der Waals surface area contributed by atoms with Gasteiger partial charge < -0.3 is 0 Å². The summed E-state index contributed by atoms with van der Waals surface area (Å²) in [6.07, 6.45) is 7.11. The monoisotopic (exact) mass is 238 g/mol. The quantitative estimate of drug-likeness (QED) is 0.358. The molecule has 0 aliphatic heterocycles. The molecule has 0 radical (unpaired) electrons. The van der Waals surface area contributed by atoms with Crippen LogP contribution in [0, 0.1) is 30.9 Å². The second kappa shape index (κ2) is 6.33. The Kier molecular flexibility index (Phi) is 5.08. The zero-order valence-electron chi connectivity index (χ0n) is 9.76. The van der Waals surface area contributed by atoms with Crippen molar-refractivity contribution in [2.45, 2.75) is 32.2 Å². The van der Waals surface area contributed by atoms with Crippen molar-refractivity contribution >= 4 is 0 Å². The molecule has 0 aromatic heterocycles. The van der Waals surface area contributed by atoms with Gasteiger partial charge in [0.25, 0.3) is 0 Å². The summed E-state index contributed by atoms with van der Waals surface area (Å²) in [7, 11) is 0. The van der Waals surface area contributed by atoms with E-state index < -0.39 is 11.6 Å². The molecule has 0 saturated heterocycles. The molecule has 0 fully saturated rings. The van der Waals surface area contributed by atoms with Crippen LogP contribution >= 0.6 is 0 Å². The predicted molar refractivity (Wildman–Crippen MR) is 63.8 cm³/mol. The third kappa shape index (κ3) is 3.52. The first-order valence-electron chi connectivity index (χ1n) is 5.45. The number of hydrogen-bond donors (Lipinski definition) is 2. The third-order valence-corrected chi connectivity index (χ3v) is 2.67. The van der Waals surface area contributed by atoms with Gasteiger partial charge in [-0.1, -0.05) is 0 Å². The maximum absolute atomic E-state index is 13.6. The largest absolute Gasteiger partial charge is 0.271 e. The number of hydrazine groups is 1. The summed E-state index contributed by atoms with van der Waals surface area (Å²) in [4.78, 5) is 0. The Bertz CT molecular complexity index is 424. The van der Waals surface area contributed by atoms with Crippen molar-refractivity contribution in [2.24, 2.45) is 5.84 Å². The standard InChI is InChI=1S/C13H16F2N2/c1-3-4-5-6-13(17-16)10-7-9(2)11(14)8-12(10)15/h1,7-8,13,17H,4-6,16H2,2H3. The Labute approximate surface area is 100 Å². The van der Waals surface area contributed by atoms with Crippen molar-refractivity contribution in [1.29, 1.82) is 0 Å². The Morgan fingerprint density at radius 3 is 2.71 bits per heavy atom. The van der Waals surface area contributed by atoms with Crippen LogP contribution in [0.25, 0.3) is 0 Å². The van der Waals surface area contributed by atoms with Gasteiger partial charge in [-0.2, -0.15) is 0 Å². The van der Waals surface area contributed by atoms with E-state index in [9.17, 15) is 8.78 Å². The van der Waals surface area contributed by atoms with E-state index in [1.54, 1.807) is 6.92 Å². The number of unbranched alkanes of at least 4 members (excludes halogenated alkanes) is 1.